The molecule has 2 aromatic rings. The van der Waals surface area contributed by atoms with Gasteiger partial charge >= 0.3 is 5.97 Å². The zero-order valence-electron chi connectivity index (χ0n) is 15.3. The summed E-state index contributed by atoms with van der Waals surface area (Å²) in [5.41, 5.74) is 0.698. The molecule has 2 aromatic carbocycles. The SMILES string of the molecule is CC(NS(=O)(=O)c1cc(C(=O)O)ccc1NC(C)(C)C)c1ccccc1. The summed E-state index contributed by atoms with van der Waals surface area (Å²) >= 11 is 0. The second kappa shape index (κ2) is 7.47. The lowest BCUT2D eigenvalue weighted by Crippen LogP contribution is -2.31. The summed E-state index contributed by atoms with van der Waals surface area (Å²) in [4.78, 5) is 11.2. The summed E-state index contributed by atoms with van der Waals surface area (Å²) in [7, 11) is -3.94. The minimum Gasteiger partial charge on any atom is -0.478 e. The predicted molar refractivity (Wildman–Crippen MR) is 102 cm³/mol. The lowest BCUT2D eigenvalue weighted by molar-refractivity contribution is 0.0696. The van der Waals surface area contributed by atoms with E-state index in [9.17, 15) is 18.3 Å². The molecule has 0 spiro atoms. The van der Waals surface area contributed by atoms with E-state index in [2.05, 4.69) is 10.0 Å². The summed E-state index contributed by atoms with van der Waals surface area (Å²) in [5.74, 6) is -1.18. The number of anilines is 1. The van der Waals surface area contributed by atoms with Gasteiger partial charge in [0.05, 0.1) is 11.3 Å². The molecule has 2 rings (SSSR count). The second-order valence-corrected chi connectivity index (χ2v) is 8.83. The fourth-order valence-corrected chi connectivity index (χ4v) is 3.91. The van der Waals surface area contributed by atoms with Gasteiger partial charge in [0.1, 0.15) is 4.90 Å². The first kappa shape index (κ1) is 19.9. The summed E-state index contributed by atoms with van der Waals surface area (Å²) in [6.45, 7) is 7.43. The maximum atomic E-state index is 13.0. The molecule has 0 fully saturated rings. The van der Waals surface area contributed by atoms with Crippen LogP contribution in [-0.2, 0) is 10.0 Å². The van der Waals surface area contributed by atoms with Crippen molar-refractivity contribution >= 4 is 21.7 Å². The molecule has 0 amide bonds. The molecule has 0 saturated carbocycles. The van der Waals surface area contributed by atoms with Gasteiger partial charge in [0, 0.05) is 11.6 Å². The molecule has 0 aliphatic rings. The Hall–Kier alpha value is -2.38. The minimum absolute atomic E-state index is 0.0859. The largest absolute Gasteiger partial charge is 0.478 e. The van der Waals surface area contributed by atoms with Crippen molar-refractivity contribution in [3.63, 3.8) is 0 Å². The highest BCUT2D eigenvalue weighted by Gasteiger charge is 2.25. The minimum atomic E-state index is -3.94. The molecule has 1 unspecified atom stereocenters. The zero-order chi connectivity index (χ0) is 19.5. The summed E-state index contributed by atoms with van der Waals surface area (Å²) in [5, 5.41) is 12.3. The van der Waals surface area contributed by atoms with Crippen molar-refractivity contribution in [2.45, 2.75) is 44.2 Å². The number of carboxylic acids is 1. The number of hydrogen-bond donors (Lipinski definition) is 3. The van der Waals surface area contributed by atoms with Crippen LogP contribution >= 0.6 is 0 Å². The predicted octanol–water partition coefficient (Wildman–Crippen LogP) is 3.63. The van der Waals surface area contributed by atoms with Crippen LogP contribution in [0.5, 0.6) is 0 Å². The standard InChI is InChI=1S/C19H24N2O4S/c1-13(14-8-6-5-7-9-14)21-26(24,25)17-12-15(18(22)23)10-11-16(17)20-19(2,3)4/h5-13,20-21H,1-4H3,(H,22,23). The highest BCUT2D eigenvalue weighted by atomic mass is 32.2. The Labute approximate surface area is 154 Å². The molecule has 26 heavy (non-hydrogen) atoms. The number of rotatable bonds is 6. The molecular formula is C19H24N2O4S. The lowest BCUT2D eigenvalue weighted by atomic mass is 10.1. The van der Waals surface area contributed by atoms with Gasteiger partial charge in [-0.05, 0) is 51.5 Å². The van der Waals surface area contributed by atoms with Gasteiger partial charge in [-0.3, -0.25) is 0 Å². The van der Waals surface area contributed by atoms with Crippen molar-refractivity contribution in [3.8, 4) is 0 Å². The van der Waals surface area contributed by atoms with Crippen LogP contribution in [0.1, 0.15) is 49.7 Å². The van der Waals surface area contributed by atoms with Crippen LogP contribution in [0, 0.1) is 0 Å². The Morgan fingerprint density at radius 2 is 1.69 bits per heavy atom. The molecule has 7 heteroatoms. The number of carboxylic acid groups (broad SMARTS) is 1. The van der Waals surface area contributed by atoms with Crippen molar-refractivity contribution in [1.82, 2.24) is 4.72 Å². The van der Waals surface area contributed by atoms with E-state index in [0.29, 0.717) is 5.69 Å². The quantitative estimate of drug-likeness (QED) is 0.715. The molecule has 140 valence electrons. The first-order valence-electron chi connectivity index (χ1n) is 8.22. The van der Waals surface area contributed by atoms with Crippen LogP contribution < -0.4 is 10.0 Å². The Kier molecular flexibility index (Phi) is 5.73. The van der Waals surface area contributed by atoms with E-state index in [0.717, 1.165) is 5.56 Å². The topological polar surface area (TPSA) is 95.5 Å². The van der Waals surface area contributed by atoms with Gasteiger partial charge in [0.2, 0.25) is 10.0 Å². The molecule has 0 aliphatic carbocycles. The van der Waals surface area contributed by atoms with E-state index in [-0.39, 0.29) is 16.0 Å². The van der Waals surface area contributed by atoms with Gasteiger partial charge in [0.25, 0.3) is 0 Å². The van der Waals surface area contributed by atoms with Crippen molar-refractivity contribution in [3.05, 3.63) is 59.7 Å². The maximum Gasteiger partial charge on any atom is 0.335 e. The molecule has 6 nitrogen and oxygen atoms in total. The number of aromatic carboxylic acids is 1. The van der Waals surface area contributed by atoms with Crippen LogP contribution in [0.2, 0.25) is 0 Å². The monoisotopic (exact) mass is 376 g/mol. The fourth-order valence-electron chi connectivity index (χ4n) is 2.49. The Morgan fingerprint density at radius 3 is 2.23 bits per heavy atom. The maximum absolute atomic E-state index is 13.0. The molecule has 0 aliphatic heterocycles. The van der Waals surface area contributed by atoms with Gasteiger partial charge < -0.3 is 10.4 Å². The average Bonchev–Trinajstić information content (AvgIpc) is 2.53. The number of sulfonamides is 1. The summed E-state index contributed by atoms with van der Waals surface area (Å²) in [6, 6.07) is 12.8. The van der Waals surface area contributed by atoms with E-state index >= 15 is 0 Å². The number of benzene rings is 2. The Bertz CT molecular complexity index is 888. The number of hydrogen-bond acceptors (Lipinski definition) is 4. The van der Waals surface area contributed by atoms with Gasteiger partial charge in [-0.2, -0.15) is 0 Å². The van der Waals surface area contributed by atoms with E-state index < -0.39 is 22.0 Å². The number of carbonyl (C=O) groups is 1. The van der Waals surface area contributed by atoms with Crippen molar-refractivity contribution in [2.24, 2.45) is 0 Å². The molecule has 0 aromatic heterocycles. The highest BCUT2D eigenvalue weighted by Crippen LogP contribution is 2.27. The Morgan fingerprint density at radius 1 is 1.08 bits per heavy atom. The summed E-state index contributed by atoms with van der Waals surface area (Å²) < 4.78 is 28.5. The highest BCUT2D eigenvalue weighted by molar-refractivity contribution is 7.89. The third kappa shape index (κ3) is 5.06. The van der Waals surface area contributed by atoms with Crippen LogP contribution in [0.15, 0.2) is 53.4 Å². The molecular weight excluding hydrogens is 352 g/mol. The van der Waals surface area contributed by atoms with E-state index in [1.807, 2.05) is 51.1 Å². The van der Waals surface area contributed by atoms with Crippen LogP contribution in [0.3, 0.4) is 0 Å². The van der Waals surface area contributed by atoms with E-state index in [1.54, 1.807) is 6.92 Å². The average molecular weight is 376 g/mol. The van der Waals surface area contributed by atoms with Crippen LogP contribution in [-0.4, -0.2) is 25.0 Å². The summed E-state index contributed by atoms with van der Waals surface area (Å²) in [6.07, 6.45) is 0. The molecule has 3 N–H and O–H groups in total. The molecule has 0 bridgehead atoms. The number of nitrogens with one attached hydrogen (secondary N) is 2. The first-order chi connectivity index (χ1) is 12.0. The van der Waals surface area contributed by atoms with Crippen LogP contribution in [0.4, 0.5) is 5.69 Å². The van der Waals surface area contributed by atoms with Crippen molar-refractivity contribution in [1.29, 1.82) is 0 Å². The fraction of sp³-hybridized carbons (Fsp3) is 0.316. The smallest absolute Gasteiger partial charge is 0.335 e. The second-order valence-electron chi connectivity index (χ2n) is 7.14. The van der Waals surface area contributed by atoms with Gasteiger partial charge in [-0.1, -0.05) is 30.3 Å². The van der Waals surface area contributed by atoms with Crippen molar-refractivity contribution in [2.75, 3.05) is 5.32 Å². The molecule has 0 radical (unpaired) electrons. The van der Waals surface area contributed by atoms with Crippen molar-refractivity contribution < 1.29 is 18.3 Å². The third-order valence-corrected chi connectivity index (χ3v) is 5.24. The van der Waals surface area contributed by atoms with Gasteiger partial charge in [0.15, 0.2) is 0 Å². The van der Waals surface area contributed by atoms with Gasteiger partial charge in [-0.15, -0.1) is 0 Å². The zero-order valence-corrected chi connectivity index (χ0v) is 16.1. The Balaban J connectivity index is 2.45. The molecule has 0 heterocycles. The molecule has 1 atom stereocenters. The van der Waals surface area contributed by atoms with E-state index in [1.165, 1.54) is 18.2 Å². The lowest BCUT2D eigenvalue weighted by Gasteiger charge is -2.25. The molecule has 0 saturated heterocycles. The van der Waals surface area contributed by atoms with Crippen LogP contribution in [0.25, 0.3) is 0 Å². The first-order valence-corrected chi connectivity index (χ1v) is 9.71. The van der Waals surface area contributed by atoms with Gasteiger partial charge in [-0.25, -0.2) is 17.9 Å². The van der Waals surface area contributed by atoms with E-state index in [4.69, 9.17) is 0 Å². The normalized spacial score (nSPS) is 13.2. The third-order valence-electron chi connectivity index (χ3n) is 3.66.